The standard InChI is InChI=1S/C14H15N3O2/c1-3-13(4-2)19-14(18)11-5-7-12(8-6-11)17-9-15-16-10-17/h3,5-10,13H,1,4H2,2H3/t13-/m0/s1. The van der Waals surface area contributed by atoms with Crippen molar-refractivity contribution in [3.8, 4) is 5.69 Å². The number of rotatable bonds is 5. The molecule has 0 aliphatic rings. The highest BCUT2D eigenvalue weighted by Gasteiger charge is 2.11. The first-order valence-electron chi connectivity index (χ1n) is 6.03. The Morgan fingerprint density at radius 2 is 2.00 bits per heavy atom. The molecule has 2 rings (SSSR count). The van der Waals surface area contributed by atoms with Crippen molar-refractivity contribution in [3.63, 3.8) is 0 Å². The van der Waals surface area contributed by atoms with Crippen molar-refractivity contribution in [2.24, 2.45) is 0 Å². The molecule has 19 heavy (non-hydrogen) atoms. The molecule has 1 aromatic heterocycles. The Balaban J connectivity index is 2.10. The van der Waals surface area contributed by atoms with E-state index in [1.54, 1.807) is 35.4 Å². The van der Waals surface area contributed by atoms with Gasteiger partial charge in [-0.3, -0.25) is 4.57 Å². The smallest absolute Gasteiger partial charge is 0.338 e. The predicted molar refractivity (Wildman–Crippen MR) is 71.1 cm³/mol. The Morgan fingerprint density at radius 3 is 2.53 bits per heavy atom. The number of carbonyl (C=O) groups excluding carboxylic acids is 1. The molecule has 0 radical (unpaired) electrons. The predicted octanol–water partition coefficient (Wildman–Crippen LogP) is 2.39. The summed E-state index contributed by atoms with van der Waals surface area (Å²) < 4.78 is 7.03. The molecule has 0 unspecified atom stereocenters. The summed E-state index contributed by atoms with van der Waals surface area (Å²) in [6.45, 7) is 5.57. The zero-order valence-electron chi connectivity index (χ0n) is 10.7. The summed E-state index contributed by atoms with van der Waals surface area (Å²) in [5, 5.41) is 7.46. The first-order chi connectivity index (χ1) is 9.24. The van der Waals surface area contributed by atoms with Gasteiger partial charge < -0.3 is 4.74 Å². The Morgan fingerprint density at radius 1 is 1.37 bits per heavy atom. The minimum Gasteiger partial charge on any atom is -0.455 e. The molecule has 98 valence electrons. The molecule has 0 fully saturated rings. The lowest BCUT2D eigenvalue weighted by Gasteiger charge is -2.11. The van der Waals surface area contributed by atoms with E-state index in [9.17, 15) is 4.79 Å². The summed E-state index contributed by atoms with van der Waals surface area (Å²) in [6.07, 6.45) is 5.29. The quantitative estimate of drug-likeness (QED) is 0.609. The summed E-state index contributed by atoms with van der Waals surface area (Å²) in [5.74, 6) is -0.345. The van der Waals surface area contributed by atoms with Gasteiger partial charge in [-0.25, -0.2) is 4.79 Å². The van der Waals surface area contributed by atoms with Gasteiger partial charge in [-0.1, -0.05) is 19.6 Å². The van der Waals surface area contributed by atoms with Gasteiger partial charge >= 0.3 is 5.97 Å². The molecule has 1 atom stereocenters. The van der Waals surface area contributed by atoms with Crippen LogP contribution in [0.25, 0.3) is 5.69 Å². The van der Waals surface area contributed by atoms with Gasteiger partial charge in [0.15, 0.2) is 0 Å². The molecular weight excluding hydrogens is 242 g/mol. The maximum atomic E-state index is 11.9. The minimum atomic E-state index is -0.345. The van der Waals surface area contributed by atoms with Crippen LogP contribution in [0.3, 0.4) is 0 Å². The van der Waals surface area contributed by atoms with Gasteiger partial charge in [-0.05, 0) is 30.7 Å². The van der Waals surface area contributed by atoms with Gasteiger partial charge in [-0.15, -0.1) is 10.2 Å². The zero-order valence-corrected chi connectivity index (χ0v) is 10.7. The van der Waals surface area contributed by atoms with Gasteiger partial charge in [0.05, 0.1) is 5.56 Å². The van der Waals surface area contributed by atoms with Gasteiger partial charge in [0.25, 0.3) is 0 Å². The monoisotopic (exact) mass is 257 g/mol. The Labute approximate surface area is 111 Å². The molecule has 1 heterocycles. The molecule has 5 heteroatoms. The summed E-state index contributed by atoms with van der Waals surface area (Å²) >= 11 is 0. The van der Waals surface area contributed by atoms with Crippen molar-refractivity contribution in [2.45, 2.75) is 19.4 Å². The van der Waals surface area contributed by atoms with E-state index in [0.29, 0.717) is 12.0 Å². The van der Waals surface area contributed by atoms with Crippen LogP contribution >= 0.6 is 0 Å². The van der Waals surface area contributed by atoms with E-state index in [1.807, 2.05) is 19.1 Å². The number of benzene rings is 1. The lowest BCUT2D eigenvalue weighted by molar-refractivity contribution is 0.0389. The van der Waals surface area contributed by atoms with Crippen molar-refractivity contribution in [3.05, 3.63) is 55.1 Å². The van der Waals surface area contributed by atoms with Crippen LogP contribution in [0.5, 0.6) is 0 Å². The van der Waals surface area contributed by atoms with E-state index in [4.69, 9.17) is 4.74 Å². The molecule has 1 aromatic carbocycles. The van der Waals surface area contributed by atoms with E-state index >= 15 is 0 Å². The average Bonchev–Trinajstić information content (AvgIpc) is 2.99. The second-order valence-corrected chi connectivity index (χ2v) is 4.00. The average molecular weight is 257 g/mol. The highest BCUT2D eigenvalue weighted by atomic mass is 16.5. The van der Waals surface area contributed by atoms with E-state index in [2.05, 4.69) is 16.8 Å². The normalized spacial score (nSPS) is 11.8. The van der Waals surface area contributed by atoms with Crippen LogP contribution in [0.1, 0.15) is 23.7 Å². The van der Waals surface area contributed by atoms with E-state index in [0.717, 1.165) is 5.69 Å². The number of nitrogens with zero attached hydrogens (tertiary/aromatic N) is 3. The molecular formula is C14H15N3O2. The van der Waals surface area contributed by atoms with Gasteiger partial charge in [0, 0.05) is 5.69 Å². The largest absolute Gasteiger partial charge is 0.455 e. The van der Waals surface area contributed by atoms with Crippen LogP contribution < -0.4 is 0 Å². The molecule has 0 bridgehead atoms. The number of carbonyl (C=O) groups is 1. The highest BCUT2D eigenvalue weighted by Crippen LogP contribution is 2.11. The molecule has 0 N–H and O–H groups in total. The SMILES string of the molecule is C=C[C@@H](CC)OC(=O)c1ccc(-n2cnnc2)cc1. The van der Waals surface area contributed by atoms with Crippen LogP contribution in [0.2, 0.25) is 0 Å². The van der Waals surface area contributed by atoms with Crippen molar-refractivity contribution in [1.82, 2.24) is 14.8 Å². The first-order valence-corrected chi connectivity index (χ1v) is 6.03. The fourth-order valence-electron chi connectivity index (χ4n) is 1.61. The third kappa shape index (κ3) is 3.07. The molecule has 0 spiro atoms. The number of hydrogen-bond donors (Lipinski definition) is 0. The summed E-state index contributed by atoms with van der Waals surface area (Å²) in [7, 11) is 0. The topological polar surface area (TPSA) is 57.0 Å². The highest BCUT2D eigenvalue weighted by molar-refractivity contribution is 5.89. The van der Waals surface area contributed by atoms with Crippen molar-refractivity contribution in [2.75, 3.05) is 0 Å². The summed E-state index contributed by atoms with van der Waals surface area (Å²) in [5.41, 5.74) is 1.40. The number of aromatic nitrogens is 3. The fourth-order valence-corrected chi connectivity index (χ4v) is 1.61. The van der Waals surface area contributed by atoms with E-state index < -0.39 is 0 Å². The van der Waals surface area contributed by atoms with Crippen LogP contribution in [0.4, 0.5) is 0 Å². The minimum absolute atomic E-state index is 0.245. The molecule has 2 aromatic rings. The molecule has 0 saturated heterocycles. The summed E-state index contributed by atoms with van der Waals surface area (Å²) in [6, 6.07) is 7.06. The first kappa shape index (κ1) is 13.0. The molecule has 0 aliphatic carbocycles. The van der Waals surface area contributed by atoms with Crippen LogP contribution in [0, 0.1) is 0 Å². The second kappa shape index (κ2) is 5.95. The Kier molecular flexibility index (Phi) is 4.07. The van der Waals surface area contributed by atoms with Crippen molar-refractivity contribution in [1.29, 1.82) is 0 Å². The van der Waals surface area contributed by atoms with Crippen molar-refractivity contribution < 1.29 is 9.53 Å². The molecule has 0 aliphatic heterocycles. The van der Waals surface area contributed by atoms with E-state index in [-0.39, 0.29) is 12.1 Å². The number of hydrogen-bond acceptors (Lipinski definition) is 4. The lowest BCUT2D eigenvalue weighted by atomic mass is 10.2. The lowest BCUT2D eigenvalue weighted by Crippen LogP contribution is -2.15. The maximum Gasteiger partial charge on any atom is 0.338 e. The summed E-state index contributed by atoms with van der Waals surface area (Å²) in [4.78, 5) is 11.9. The zero-order chi connectivity index (χ0) is 13.7. The van der Waals surface area contributed by atoms with Gasteiger partial charge in [0.2, 0.25) is 0 Å². The fraction of sp³-hybridized carbons (Fsp3) is 0.214. The number of esters is 1. The van der Waals surface area contributed by atoms with Gasteiger partial charge in [-0.2, -0.15) is 0 Å². The molecule has 5 nitrogen and oxygen atoms in total. The third-order valence-electron chi connectivity index (χ3n) is 2.74. The van der Waals surface area contributed by atoms with Crippen LogP contribution in [-0.4, -0.2) is 26.8 Å². The van der Waals surface area contributed by atoms with Crippen molar-refractivity contribution >= 4 is 5.97 Å². The molecule has 0 saturated carbocycles. The van der Waals surface area contributed by atoms with Crippen LogP contribution in [-0.2, 0) is 4.74 Å². The Bertz CT molecular complexity index is 547. The molecule has 0 amide bonds. The van der Waals surface area contributed by atoms with Crippen LogP contribution in [0.15, 0.2) is 49.6 Å². The second-order valence-electron chi connectivity index (χ2n) is 4.00. The van der Waals surface area contributed by atoms with Gasteiger partial charge in [0.1, 0.15) is 18.8 Å². The third-order valence-corrected chi connectivity index (χ3v) is 2.74. The number of ether oxygens (including phenoxy) is 1. The maximum absolute atomic E-state index is 11.9. The Hall–Kier alpha value is -2.43. The van der Waals surface area contributed by atoms with E-state index in [1.165, 1.54) is 0 Å².